The summed E-state index contributed by atoms with van der Waals surface area (Å²) in [5.41, 5.74) is -0.232. The number of esters is 1. The molecule has 26 heavy (non-hydrogen) atoms. The fraction of sp³-hybridized carbons (Fsp3) is 0.235. The average molecular weight is 387 g/mol. The number of nitrogens with one attached hydrogen (secondary N) is 1. The number of carbonyl (C=O) groups is 1. The van der Waals surface area contributed by atoms with Gasteiger partial charge in [0.05, 0.1) is 23.1 Å². The molecule has 0 radical (unpaired) electrons. The number of rotatable bonds is 5. The SMILES string of the molecule is COC(=O)c1ccc(S(=O)(=O)NC(C)c2ccc(C(F)(F)F)cc2)cc1. The van der Waals surface area contributed by atoms with E-state index in [2.05, 4.69) is 9.46 Å². The van der Waals surface area contributed by atoms with E-state index in [-0.39, 0.29) is 10.5 Å². The lowest BCUT2D eigenvalue weighted by molar-refractivity contribution is -0.137. The maximum absolute atomic E-state index is 12.6. The lowest BCUT2D eigenvalue weighted by Gasteiger charge is -2.16. The number of alkyl halides is 3. The molecule has 0 bridgehead atoms. The molecule has 140 valence electrons. The topological polar surface area (TPSA) is 72.5 Å². The Morgan fingerprint density at radius 2 is 1.58 bits per heavy atom. The highest BCUT2D eigenvalue weighted by molar-refractivity contribution is 7.89. The molecule has 9 heteroatoms. The van der Waals surface area contributed by atoms with Gasteiger partial charge in [-0.1, -0.05) is 12.1 Å². The van der Waals surface area contributed by atoms with E-state index in [0.29, 0.717) is 5.56 Å². The Hall–Kier alpha value is -2.39. The molecule has 2 rings (SSSR count). The molecule has 1 N–H and O–H groups in total. The van der Waals surface area contributed by atoms with Crippen molar-refractivity contribution in [1.82, 2.24) is 4.72 Å². The second-order valence-corrected chi connectivity index (χ2v) is 7.19. The van der Waals surface area contributed by atoms with Crippen LogP contribution in [0.4, 0.5) is 13.2 Å². The summed E-state index contributed by atoms with van der Waals surface area (Å²) < 4.78 is 69.4. The first-order valence-electron chi connectivity index (χ1n) is 7.42. The summed E-state index contributed by atoms with van der Waals surface area (Å²) in [4.78, 5) is 11.3. The van der Waals surface area contributed by atoms with Gasteiger partial charge in [0, 0.05) is 6.04 Å². The summed E-state index contributed by atoms with van der Waals surface area (Å²) in [6.45, 7) is 1.52. The van der Waals surface area contributed by atoms with Crippen LogP contribution in [0.5, 0.6) is 0 Å². The zero-order valence-electron chi connectivity index (χ0n) is 13.9. The van der Waals surface area contributed by atoms with Crippen molar-refractivity contribution in [3.8, 4) is 0 Å². The Morgan fingerprint density at radius 1 is 1.04 bits per heavy atom. The van der Waals surface area contributed by atoms with Gasteiger partial charge in [0.25, 0.3) is 0 Å². The number of methoxy groups -OCH3 is 1. The Kier molecular flexibility index (Phi) is 5.72. The van der Waals surface area contributed by atoms with Crippen LogP contribution in [0.2, 0.25) is 0 Å². The smallest absolute Gasteiger partial charge is 0.416 e. The van der Waals surface area contributed by atoms with E-state index in [1.807, 2.05) is 0 Å². The van der Waals surface area contributed by atoms with E-state index in [9.17, 15) is 26.4 Å². The van der Waals surface area contributed by atoms with Crippen molar-refractivity contribution >= 4 is 16.0 Å². The molecule has 0 amide bonds. The highest BCUT2D eigenvalue weighted by Crippen LogP contribution is 2.30. The first-order chi connectivity index (χ1) is 12.0. The van der Waals surface area contributed by atoms with Crippen LogP contribution in [-0.4, -0.2) is 21.5 Å². The average Bonchev–Trinajstić information content (AvgIpc) is 2.60. The molecule has 2 aromatic carbocycles. The molecule has 0 aliphatic carbocycles. The molecule has 0 saturated heterocycles. The predicted octanol–water partition coefficient (Wildman–Crippen LogP) is 3.53. The van der Waals surface area contributed by atoms with Crippen molar-refractivity contribution in [2.45, 2.75) is 24.0 Å². The van der Waals surface area contributed by atoms with Crippen molar-refractivity contribution in [2.75, 3.05) is 7.11 Å². The molecular weight excluding hydrogens is 371 g/mol. The van der Waals surface area contributed by atoms with Gasteiger partial charge in [-0.25, -0.2) is 17.9 Å². The van der Waals surface area contributed by atoms with Gasteiger partial charge in [0.15, 0.2) is 0 Å². The molecule has 1 unspecified atom stereocenters. The third-order valence-electron chi connectivity index (χ3n) is 3.66. The zero-order valence-corrected chi connectivity index (χ0v) is 14.7. The Bertz CT molecular complexity index is 876. The first kappa shape index (κ1) is 19.9. The minimum absolute atomic E-state index is 0.0797. The molecule has 5 nitrogen and oxygen atoms in total. The van der Waals surface area contributed by atoms with Gasteiger partial charge in [-0.3, -0.25) is 0 Å². The monoisotopic (exact) mass is 387 g/mol. The molecule has 0 fully saturated rings. The van der Waals surface area contributed by atoms with Crippen LogP contribution in [0, 0.1) is 0 Å². The lowest BCUT2D eigenvalue weighted by Crippen LogP contribution is -2.27. The number of halogens is 3. The molecule has 0 saturated carbocycles. The fourth-order valence-electron chi connectivity index (χ4n) is 2.22. The summed E-state index contributed by atoms with van der Waals surface area (Å²) >= 11 is 0. The van der Waals surface area contributed by atoms with Gasteiger partial charge in [-0.2, -0.15) is 13.2 Å². The number of ether oxygens (including phenoxy) is 1. The molecule has 2 aromatic rings. The summed E-state index contributed by atoms with van der Waals surface area (Å²) in [5.74, 6) is -0.597. The van der Waals surface area contributed by atoms with Crippen molar-refractivity contribution < 1.29 is 31.1 Å². The highest BCUT2D eigenvalue weighted by Gasteiger charge is 2.30. The fourth-order valence-corrected chi connectivity index (χ4v) is 3.45. The van der Waals surface area contributed by atoms with Crippen LogP contribution in [0.1, 0.15) is 34.5 Å². The summed E-state index contributed by atoms with van der Waals surface area (Å²) in [6, 6.07) is 8.58. The number of carbonyl (C=O) groups excluding carboxylic acids is 1. The molecule has 0 aliphatic heterocycles. The Labute approximate surface area is 148 Å². The quantitative estimate of drug-likeness (QED) is 0.797. The van der Waals surface area contributed by atoms with Gasteiger partial charge in [-0.15, -0.1) is 0 Å². The van der Waals surface area contributed by atoms with Crippen LogP contribution in [0.15, 0.2) is 53.4 Å². The van der Waals surface area contributed by atoms with E-state index in [4.69, 9.17) is 0 Å². The first-order valence-corrected chi connectivity index (χ1v) is 8.91. The normalized spacial score (nSPS) is 13.3. The lowest BCUT2D eigenvalue weighted by atomic mass is 10.1. The van der Waals surface area contributed by atoms with Crippen LogP contribution >= 0.6 is 0 Å². The Balaban J connectivity index is 2.16. The standard InChI is InChI=1S/C17H16F3NO4S/c1-11(12-3-7-14(8-4-12)17(18,19)20)21-26(23,24)15-9-5-13(6-10-15)16(22)25-2/h3-11,21H,1-2H3. The van der Waals surface area contributed by atoms with Crippen LogP contribution < -0.4 is 4.72 Å². The number of hydrogen-bond donors (Lipinski definition) is 1. The Morgan fingerprint density at radius 3 is 2.04 bits per heavy atom. The second-order valence-electron chi connectivity index (χ2n) is 5.48. The van der Waals surface area contributed by atoms with E-state index in [0.717, 1.165) is 12.1 Å². The van der Waals surface area contributed by atoms with Gasteiger partial charge in [0.1, 0.15) is 0 Å². The maximum atomic E-state index is 12.6. The summed E-state index contributed by atoms with van der Waals surface area (Å²) in [6.07, 6.45) is -4.46. The van der Waals surface area contributed by atoms with E-state index in [1.165, 1.54) is 50.4 Å². The van der Waals surface area contributed by atoms with Gasteiger partial charge < -0.3 is 4.74 Å². The molecule has 0 aromatic heterocycles. The molecule has 0 aliphatic rings. The van der Waals surface area contributed by atoms with Crippen molar-refractivity contribution in [2.24, 2.45) is 0 Å². The number of sulfonamides is 1. The number of benzene rings is 2. The van der Waals surface area contributed by atoms with Gasteiger partial charge >= 0.3 is 12.1 Å². The van der Waals surface area contributed by atoms with E-state index < -0.39 is 33.8 Å². The summed E-state index contributed by atoms with van der Waals surface area (Å²) in [7, 11) is -2.71. The van der Waals surface area contributed by atoms with Crippen LogP contribution in [0.3, 0.4) is 0 Å². The minimum atomic E-state index is -4.46. The largest absolute Gasteiger partial charge is 0.465 e. The predicted molar refractivity (Wildman–Crippen MR) is 88.0 cm³/mol. The van der Waals surface area contributed by atoms with Gasteiger partial charge in [0.2, 0.25) is 10.0 Å². The maximum Gasteiger partial charge on any atom is 0.416 e. The molecular formula is C17H16F3NO4S. The molecule has 0 heterocycles. The highest BCUT2D eigenvalue weighted by atomic mass is 32.2. The molecule has 0 spiro atoms. The number of hydrogen-bond acceptors (Lipinski definition) is 4. The summed E-state index contributed by atoms with van der Waals surface area (Å²) in [5, 5.41) is 0. The third kappa shape index (κ3) is 4.61. The second kappa shape index (κ2) is 7.46. The molecule has 1 atom stereocenters. The van der Waals surface area contributed by atoms with Crippen molar-refractivity contribution in [3.05, 3.63) is 65.2 Å². The van der Waals surface area contributed by atoms with Gasteiger partial charge in [-0.05, 0) is 48.9 Å². The minimum Gasteiger partial charge on any atom is -0.465 e. The van der Waals surface area contributed by atoms with Crippen molar-refractivity contribution in [3.63, 3.8) is 0 Å². The zero-order chi connectivity index (χ0) is 19.5. The third-order valence-corrected chi connectivity index (χ3v) is 5.21. The van der Waals surface area contributed by atoms with Crippen molar-refractivity contribution in [1.29, 1.82) is 0 Å². The van der Waals surface area contributed by atoms with E-state index >= 15 is 0 Å². The van der Waals surface area contributed by atoms with Crippen LogP contribution in [-0.2, 0) is 20.9 Å². The van der Waals surface area contributed by atoms with E-state index in [1.54, 1.807) is 0 Å². The van der Waals surface area contributed by atoms with Crippen LogP contribution in [0.25, 0.3) is 0 Å².